The monoisotopic (exact) mass is 302 g/mol. The van der Waals surface area contributed by atoms with Crippen molar-refractivity contribution in [1.29, 1.82) is 0 Å². The Hall–Kier alpha value is -0.960. The quantitative estimate of drug-likeness (QED) is 0.757. The Morgan fingerprint density at radius 2 is 1.95 bits per heavy atom. The van der Waals surface area contributed by atoms with E-state index in [2.05, 4.69) is 6.92 Å². The van der Waals surface area contributed by atoms with E-state index in [4.69, 9.17) is 0 Å². The molecular formula is C19H26O3. The molecule has 0 spiro atoms. The van der Waals surface area contributed by atoms with E-state index < -0.39 is 0 Å². The van der Waals surface area contributed by atoms with Gasteiger partial charge >= 0.3 is 0 Å². The molecule has 3 saturated carbocycles. The van der Waals surface area contributed by atoms with Gasteiger partial charge in [-0.3, -0.25) is 4.79 Å². The van der Waals surface area contributed by atoms with Crippen LogP contribution in [0.3, 0.4) is 0 Å². The normalized spacial score (nSPS) is 50.6. The summed E-state index contributed by atoms with van der Waals surface area (Å²) in [5, 5.41) is 10.4. The summed E-state index contributed by atoms with van der Waals surface area (Å²) in [4.78, 5) is 23.9. The van der Waals surface area contributed by atoms with Crippen molar-refractivity contribution in [3.63, 3.8) is 0 Å². The Morgan fingerprint density at radius 3 is 2.73 bits per heavy atom. The first-order valence-corrected chi connectivity index (χ1v) is 8.89. The first-order valence-electron chi connectivity index (χ1n) is 8.89. The summed E-state index contributed by atoms with van der Waals surface area (Å²) in [6.45, 7) is 2.26. The van der Waals surface area contributed by atoms with E-state index in [0.29, 0.717) is 30.6 Å². The van der Waals surface area contributed by atoms with E-state index in [9.17, 15) is 14.7 Å². The van der Waals surface area contributed by atoms with Crippen molar-refractivity contribution >= 4 is 12.1 Å². The van der Waals surface area contributed by atoms with Gasteiger partial charge in [-0.2, -0.15) is 0 Å². The molecule has 3 heteroatoms. The van der Waals surface area contributed by atoms with Gasteiger partial charge in [0, 0.05) is 6.42 Å². The number of aliphatic hydroxyl groups is 1. The third-order valence-electron chi connectivity index (χ3n) is 7.72. The molecule has 4 aliphatic carbocycles. The average molecular weight is 302 g/mol. The lowest BCUT2D eigenvalue weighted by Gasteiger charge is -2.56. The van der Waals surface area contributed by atoms with Crippen molar-refractivity contribution in [3.05, 3.63) is 11.6 Å². The molecule has 0 heterocycles. The van der Waals surface area contributed by atoms with Crippen LogP contribution in [0.15, 0.2) is 11.6 Å². The van der Waals surface area contributed by atoms with Gasteiger partial charge in [0.05, 0.1) is 11.5 Å². The average Bonchev–Trinajstić information content (AvgIpc) is 2.82. The highest BCUT2D eigenvalue weighted by Gasteiger charge is 2.60. The molecule has 0 radical (unpaired) electrons. The largest absolute Gasteiger partial charge is 0.393 e. The predicted molar refractivity (Wildman–Crippen MR) is 83.1 cm³/mol. The highest BCUT2D eigenvalue weighted by atomic mass is 16.3. The Balaban J connectivity index is 1.73. The zero-order valence-electron chi connectivity index (χ0n) is 13.4. The standard InChI is InChI=1S/C19H26O3/c1-18-8-7-16-14(15(18)4-5-17(18)22)3-2-12-10-13(21)6-9-19(12,16)11-20/h10-11,14-17,22H,2-9H2,1H3/t14-,15-,16+,17?,18-,19+/m0/s1. The molecule has 0 aromatic rings. The summed E-state index contributed by atoms with van der Waals surface area (Å²) in [6, 6.07) is 0. The predicted octanol–water partition coefficient (Wildman–Crippen LogP) is 3.06. The molecule has 0 amide bonds. The summed E-state index contributed by atoms with van der Waals surface area (Å²) < 4.78 is 0. The number of fused-ring (bicyclic) bond motifs is 5. The van der Waals surface area contributed by atoms with E-state index in [1.54, 1.807) is 6.08 Å². The molecule has 0 aliphatic heterocycles. The third-order valence-corrected chi connectivity index (χ3v) is 7.72. The molecule has 0 bridgehead atoms. The lowest BCUT2D eigenvalue weighted by Crippen LogP contribution is -2.52. The van der Waals surface area contributed by atoms with E-state index in [-0.39, 0.29) is 22.7 Å². The molecule has 0 aromatic heterocycles. The van der Waals surface area contributed by atoms with Gasteiger partial charge in [-0.15, -0.1) is 0 Å². The molecule has 6 atom stereocenters. The Morgan fingerprint density at radius 1 is 1.14 bits per heavy atom. The van der Waals surface area contributed by atoms with Crippen molar-refractivity contribution in [2.24, 2.45) is 28.6 Å². The smallest absolute Gasteiger partial charge is 0.155 e. The number of rotatable bonds is 1. The van der Waals surface area contributed by atoms with Crippen LogP contribution in [-0.4, -0.2) is 23.3 Å². The van der Waals surface area contributed by atoms with Crippen LogP contribution in [0.4, 0.5) is 0 Å². The topological polar surface area (TPSA) is 54.4 Å². The molecule has 1 N–H and O–H groups in total. The lowest BCUT2D eigenvalue weighted by molar-refractivity contribution is -0.130. The number of allylic oxidation sites excluding steroid dienone is 1. The van der Waals surface area contributed by atoms with Gasteiger partial charge in [-0.05, 0) is 74.2 Å². The fraction of sp³-hybridized carbons (Fsp3) is 0.789. The van der Waals surface area contributed by atoms with Gasteiger partial charge < -0.3 is 9.90 Å². The minimum Gasteiger partial charge on any atom is -0.393 e. The molecule has 3 fully saturated rings. The van der Waals surface area contributed by atoms with E-state index >= 15 is 0 Å². The van der Waals surface area contributed by atoms with Crippen LogP contribution in [0.25, 0.3) is 0 Å². The highest BCUT2D eigenvalue weighted by Crippen LogP contribution is 2.64. The van der Waals surface area contributed by atoms with Crippen LogP contribution in [0.5, 0.6) is 0 Å². The maximum atomic E-state index is 12.1. The Bertz CT molecular complexity index is 551. The molecule has 120 valence electrons. The van der Waals surface area contributed by atoms with Gasteiger partial charge in [-0.1, -0.05) is 12.5 Å². The second-order valence-corrected chi connectivity index (χ2v) is 8.35. The molecule has 0 saturated heterocycles. The van der Waals surface area contributed by atoms with E-state index in [1.165, 1.54) is 6.29 Å². The van der Waals surface area contributed by atoms with Crippen LogP contribution < -0.4 is 0 Å². The number of aliphatic hydroxyl groups excluding tert-OH is 1. The van der Waals surface area contributed by atoms with Crippen LogP contribution in [0, 0.1) is 28.6 Å². The first-order chi connectivity index (χ1) is 10.5. The summed E-state index contributed by atoms with van der Waals surface area (Å²) >= 11 is 0. The molecule has 22 heavy (non-hydrogen) atoms. The molecule has 4 rings (SSSR count). The van der Waals surface area contributed by atoms with Crippen molar-refractivity contribution in [2.45, 2.75) is 64.4 Å². The zero-order chi connectivity index (χ0) is 15.5. The highest BCUT2D eigenvalue weighted by molar-refractivity contribution is 5.93. The van der Waals surface area contributed by atoms with Gasteiger partial charge in [-0.25, -0.2) is 0 Å². The molecule has 3 nitrogen and oxygen atoms in total. The van der Waals surface area contributed by atoms with Gasteiger partial charge in [0.25, 0.3) is 0 Å². The van der Waals surface area contributed by atoms with Gasteiger partial charge in [0.2, 0.25) is 0 Å². The maximum absolute atomic E-state index is 12.1. The van der Waals surface area contributed by atoms with Crippen molar-refractivity contribution in [3.8, 4) is 0 Å². The SMILES string of the molecule is C[C@]12CC[C@@H]3[C@@H](CCC4=CC(=O)CC[C@@]43C=O)[C@@H]1CCC2O. The summed E-state index contributed by atoms with van der Waals surface area (Å²) in [5.41, 5.74) is 0.796. The summed E-state index contributed by atoms with van der Waals surface area (Å²) in [7, 11) is 0. The van der Waals surface area contributed by atoms with Crippen molar-refractivity contribution in [1.82, 2.24) is 0 Å². The van der Waals surface area contributed by atoms with Gasteiger partial charge in [0.15, 0.2) is 5.78 Å². The second kappa shape index (κ2) is 4.77. The summed E-state index contributed by atoms with van der Waals surface area (Å²) in [5.74, 6) is 1.69. The van der Waals surface area contributed by atoms with Crippen LogP contribution in [0.2, 0.25) is 0 Å². The molecule has 1 unspecified atom stereocenters. The lowest BCUT2D eigenvalue weighted by atomic mass is 9.47. The number of carbonyl (C=O) groups excluding carboxylic acids is 2. The van der Waals surface area contributed by atoms with Gasteiger partial charge in [0.1, 0.15) is 6.29 Å². The van der Waals surface area contributed by atoms with E-state index in [0.717, 1.165) is 44.1 Å². The minimum absolute atomic E-state index is 0.0525. The zero-order valence-corrected chi connectivity index (χ0v) is 13.4. The molecule has 0 aromatic carbocycles. The first kappa shape index (κ1) is 14.6. The fourth-order valence-electron chi connectivity index (χ4n) is 6.47. The Labute approximate surface area is 132 Å². The fourth-order valence-corrected chi connectivity index (χ4v) is 6.47. The van der Waals surface area contributed by atoms with Crippen LogP contribution in [0.1, 0.15) is 58.3 Å². The molecular weight excluding hydrogens is 276 g/mol. The Kier molecular flexibility index (Phi) is 3.17. The van der Waals surface area contributed by atoms with Crippen LogP contribution in [-0.2, 0) is 9.59 Å². The number of ketones is 1. The van der Waals surface area contributed by atoms with Crippen molar-refractivity contribution in [2.75, 3.05) is 0 Å². The molecule has 4 aliphatic rings. The van der Waals surface area contributed by atoms with Crippen molar-refractivity contribution < 1.29 is 14.7 Å². The van der Waals surface area contributed by atoms with E-state index in [1.807, 2.05) is 0 Å². The maximum Gasteiger partial charge on any atom is 0.155 e. The summed E-state index contributed by atoms with van der Waals surface area (Å²) in [6.07, 6.45) is 10.1. The third kappa shape index (κ3) is 1.72. The number of hydrogen-bond donors (Lipinski definition) is 1. The number of hydrogen-bond acceptors (Lipinski definition) is 3. The minimum atomic E-state index is -0.369. The number of aldehydes is 1. The van der Waals surface area contributed by atoms with Crippen LogP contribution >= 0.6 is 0 Å². The second-order valence-electron chi connectivity index (χ2n) is 8.35. The number of carbonyl (C=O) groups is 2.